The average molecular weight is 299 g/mol. The lowest BCUT2D eigenvalue weighted by Crippen LogP contribution is -2.21. The first-order valence-corrected chi connectivity index (χ1v) is 6.49. The quantitative estimate of drug-likeness (QED) is 0.790. The molecule has 0 aliphatic heterocycles. The van der Waals surface area contributed by atoms with Crippen LogP contribution in [0.15, 0.2) is 41.2 Å². The van der Waals surface area contributed by atoms with Crippen molar-refractivity contribution in [1.29, 1.82) is 0 Å². The van der Waals surface area contributed by atoms with Crippen molar-refractivity contribution < 1.29 is 14.6 Å². The molecule has 1 N–H and O–H groups in total. The van der Waals surface area contributed by atoms with Gasteiger partial charge in [-0.2, -0.15) is 9.61 Å². The lowest BCUT2D eigenvalue weighted by molar-refractivity contribution is 0.0685. The Bertz CT molecular complexity index is 940. The SMILES string of the molecule is COc1ccccc1-c1cc2n(C)c(C(=O)O)cc(=O)n2n1. The van der Waals surface area contributed by atoms with Gasteiger partial charge in [0, 0.05) is 24.7 Å². The monoisotopic (exact) mass is 299 g/mol. The Kier molecular flexibility index (Phi) is 3.17. The highest BCUT2D eigenvalue weighted by molar-refractivity contribution is 5.86. The Hall–Kier alpha value is -3.09. The smallest absolute Gasteiger partial charge is 0.352 e. The third-order valence-electron chi connectivity index (χ3n) is 3.47. The predicted octanol–water partition coefficient (Wildman–Crippen LogP) is 1.41. The van der Waals surface area contributed by atoms with E-state index in [2.05, 4.69) is 5.10 Å². The lowest BCUT2D eigenvalue weighted by Gasteiger charge is -2.05. The molecule has 0 aliphatic carbocycles. The van der Waals surface area contributed by atoms with E-state index in [-0.39, 0.29) is 5.69 Å². The summed E-state index contributed by atoms with van der Waals surface area (Å²) in [6.07, 6.45) is 0. The van der Waals surface area contributed by atoms with E-state index < -0.39 is 11.5 Å². The van der Waals surface area contributed by atoms with E-state index in [4.69, 9.17) is 9.84 Å². The number of aromatic nitrogens is 3. The maximum Gasteiger partial charge on any atom is 0.352 e. The Morgan fingerprint density at radius 3 is 2.68 bits per heavy atom. The summed E-state index contributed by atoms with van der Waals surface area (Å²) in [6, 6.07) is 9.99. The summed E-state index contributed by atoms with van der Waals surface area (Å²) in [5, 5.41) is 13.4. The summed E-state index contributed by atoms with van der Waals surface area (Å²) in [7, 11) is 3.13. The van der Waals surface area contributed by atoms with Gasteiger partial charge >= 0.3 is 5.97 Å². The number of nitrogens with zero attached hydrogens (tertiary/aromatic N) is 3. The topological polar surface area (TPSA) is 85.8 Å². The van der Waals surface area contributed by atoms with Crippen LogP contribution in [0.1, 0.15) is 10.5 Å². The van der Waals surface area contributed by atoms with E-state index >= 15 is 0 Å². The Morgan fingerprint density at radius 2 is 2.00 bits per heavy atom. The summed E-state index contributed by atoms with van der Waals surface area (Å²) >= 11 is 0. The second kappa shape index (κ2) is 5.03. The number of carboxylic acids is 1. The van der Waals surface area contributed by atoms with Crippen LogP contribution < -0.4 is 10.3 Å². The molecule has 1 aromatic carbocycles. The van der Waals surface area contributed by atoms with Crippen molar-refractivity contribution in [3.63, 3.8) is 0 Å². The number of para-hydroxylation sites is 1. The molecular weight excluding hydrogens is 286 g/mol. The maximum absolute atomic E-state index is 12.0. The zero-order valence-electron chi connectivity index (χ0n) is 12.0. The van der Waals surface area contributed by atoms with E-state index in [0.717, 1.165) is 11.6 Å². The number of carbonyl (C=O) groups is 1. The number of hydrogen-bond acceptors (Lipinski definition) is 4. The molecule has 0 saturated heterocycles. The average Bonchev–Trinajstić information content (AvgIpc) is 2.96. The van der Waals surface area contributed by atoms with Gasteiger partial charge < -0.3 is 14.4 Å². The van der Waals surface area contributed by atoms with E-state index in [1.165, 1.54) is 9.08 Å². The molecule has 0 spiro atoms. The van der Waals surface area contributed by atoms with Crippen LogP contribution in [0.25, 0.3) is 16.9 Å². The van der Waals surface area contributed by atoms with Gasteiger partial charge in [-0.25, -0.2) is 4.79 Å². The van der Waals surface area contributed by atoms with Gasteiger partial charge in [-0.3, -0.25) is 4.79 Å². The number of ether oxygens (including phenoxy) is 1. The van der Waals surface area contributed by atoms with Crippen molar-refractivity contribution in [2.24, 2.45) is 7.05 Å². The van der Waals surface area contributed by atoms with Crippen LogP contribution >= 0.6 is 0 Å². The zero-order chi connectivity index (χ0) is 15.9. The molecule has 22 heavy (non-hydrogen) atoms. The molecule has 7 heteroatoms. The second-order valence-corrected chi connectivity index (χ2v) is 4.73. The number of hydrogen-bond donors (Lipinski definition) is 1. The molecule has 0 amide bonds. The molecule has 0 radical (unpaired) electrons. The van der Waals surface area contributed by atoms with Crippen molar-refractivity contribution in [3.8, 4) is 17.0 Å². The molecular formula is C15H13N3O4. The van der Waals surface area contributed by atoms with Gasteiger partial charge in [0.2, 0.25) is 0 Å². The van der Waals surface area contributed by atoms with Crippen molar-refractivity contribution in [3.05, 3.63) is 52.4 Å². The van der Waals surface area contributed by atoms with Gasteiger partial charge in [-0.1, -0.05) is 12.1 Å². The number of aromatic carboxylic acids is 1. The minimum atomic E-state index is -1.16. The van der Waals surface area contributed by atoms with E-state index in [1.54, 1.807) is 26.3 Å². The van der Waals surface area contributed by atoms with Crippen LogP contribution in [-0.4, -0.2) is 32.4 Å². The molecule has 3 aromatic rings. The first kappa shape index (κ1) is 13.9. The zero-order valence-corrected chi connectivity index (χ0v) is 12.0. The van der Waals surface area contributed by atoms with E-state index in [9.17, 15) is 9.59 Å². The molecule has 0 fully saturated rings. The molecule has 3 rings (SSSR count). The molecule has 0 unspecified atom stereocenters. The minimum Gasteiger partial charge on any atom is -0.496 e. The van der Waals surface area contributed by atoms with E-state index in [0.29, 0.717) is 17.1 Å². The number of methoxy groups -OCH3 is 1. The van der Waals surface area contributed by atoms with Crippen molar-refractivity contribution in [2.75, 3.05) is 7.11 Å². The first-order valence-electron chi connectivity index (χ1n) is 6.49. The molecule has 0 aliphatic rings. The predicted molar refractivity (Wildman–Crippen MR) is 79.4 cm³/mol. The summed E-state index contributed by atoms with van der Waals surface area (Å²) in [4.78, 5) is 23.2. The van der Waals surface area contributed by atoms with Gasteiger partial charge in [-0.15, -0.1) is 0 Å². The Balaban J connectivity index is 2.31. The normalized spacial score (nSPS) is 10.8. The first-order chi connectivity index (χ1) is 10.5. The number of carboxylic acid groups (broad SMARTS) is 1. The highest BCUT2D eigenvalue weighted by atomic mass is 16.5. The number of aryl methyl sites for hydroxylation is 1. The summed E-state index contributed by atoms with van der Waals surface area (Å²) in [5.41, 5.74) is 1.07. The van der Waals surface area contributed by atoms with Crippen LogP contribution in [-0.2, 0) is 7.05 Å². The number of fused-ring (bicyclic) bond motifs is 1. The molecule has 2 heterocycles. The van der Waals surface area contributed by atoms with Crippen LogP contribution in [0.5, 0.6) is 5.75 Å². The highest BCUT2D eigenvalue weighted by Crippen LogP contribution is 2.28. The molecule has 0 bridgehead atoms. The fourth-order valence-electron chi connectivity index (χ4n) is 2.36. The third kappa shape index (κ3) is 2.03. The van der Waals surface area contributed by atoms with Crippen LogP contribution in [0.3, 0.4) is 0 Å². The van der Waals surface area contributed by atoms with Crippen molar-refractivity contribution in [1.82, 2.24) is 14.2 Å². The second-order valence-electron chi connectivity index (χ2n) is 4.73. The van der Waals surface area contributed by atoms with Gasteiger partial charge in [0.1, 0.15) is 17.1 Å². The highest BCUT2D eigenvalue weighted by Gasteiger charge is 2.16. The maximum atomic E-state index is 12.0. The minimum absolute atomic E-state index is 0.0935. The Labute approximate surface area is 125 Å². The van der Waals surface area contributed by atoms with Gasteiger partial charge in [0.05, 0.1) is 12.8 Å². The summed E-state index contributed by atoms with van der Waals surface area (Å²) < 4.78 is 7.88. The molecule has 112 valence electrons. The summed E-state index contributed by atoms with van der Waals surface area (Å²) in [6.45, 7) is 0. The Morgan fingerprint density at radius 1 is 1.27 bits per heavy atom. The van der Waals surface area contributed by atoms with Crippen LogP contribution in [0.4, 0.5) is 0 Å². The van der Waals surface area contributed by atoms with Gasteiger partial charge in [0.15, 0.2) is 0 Å². The molecule has 7 nitrogen and oxygen atoms in total. The largest absolute Gasteiger partial charge is 0.496 e. The van der Waals surface area contributed by atoms with Crippen molar-refractivity contribution >= 4 is 11.6 Å². The molecule has 0 saturated carbocycles. The summed E-state index contributed by atoms with van der Waals surface area (Å²) in [5.74, 6) is -0.540. The number of benzene rings is 1. The standard InChI is InChI=1S/C15H13N3O4/c1-17-11(15(20)21)8-14(19)18-13(17)7-10(16-18)9-5-3-4-6-12(9)22-2/h3-8H,1-2H3,(H,20,21). The fraction of sp³-hybridized carbons (Fsp3) is 0.133. The van der Waals surface area contributed by atoms with Crippen LogP contribution in [0, 0.1) is 0 Å². The number of rotatable bonds is 3. The van der Waals surface area contributed by atoms with Crippen molar-refractivity contribution in [2.45, 2.75) is 0 Å². The molecule has 2 aromatic heterocycles. The molecule has 0 atom stereocenters. The lowest BCUT2D eigenvalue weighted by atomic mass is 10.1. The van der Waals surface area contributed by atoms with Crippen LogP contribution in [0.2, 0.25) is 0 Å². The van der Waals surface area contributed by atoms with E-state index in [1.807, 2.05) is 18.2 Å². The third-order valence-corrected chi connectivity index (χ3v) is 3.47. The fourth-order valence-corrected chi connectivity index (χ4v) is 2.36. The van der Waals surface area contributed by atoms with Gasteiger partial charge in [0.25, 0.3) is 5.56 Å². The van der Waals surface area contributed by atoms with Gasteiger partial charge in [-0.05, 0) is 12.1 Å².